The van der Waals surface area contributed by atoms with Crippen molar-refractivity contribution in [1.29, 1.82) is 0 Å². The zero-order valence-corrected chi connectivity index (χ0v) is 18.3. The van der Waals surface area contributed by atoms with Crippen molar-refractivity contribution in [3.8, 4) is 22.7 Å². The number of carbonyl (C=O) groups is 1. The third-order valence-corrected chi connectivity index (χ3v) is 5.38. The number of pyridine rings is 3. The maximum Gasteiger partial charge on any atom is 0.280 e. The van der Waals surface area contributed by atoms with Gasteiger partial charge in [0.1, 0.15) is 27.8 Å². The molecule has 0 atom stereocenters. The standard InChI is InChI=1S/C20H13ClF2N6O3S/c1-32-15-8-24-14(17(22)23)5-11(15)10-6-16(29-4-2-3-13(21)19(29)31)25-7-12(10)18(30)27-20-28-26-9-33-20/h2-9,17H,1H3,(H,27,28,30). The van der Waals surface area contributed by atoms with Crippen molar-refractivity contribution in [2.75, 3.05) is 12.4 Å². The van der Waals surface area contributed by atoms with Crippen molar-refractivity contribution in [3.05, 3.63) is 75.0 Å². The monoisotopic (exact) mass is 490 g/mol. The Labute approximate surface area is 193 Å². The molecule has 0 radical (unpaired) electrons. The number of halogens is 3. The summed E-state index contributed by atoms with van der Waals surface area (Å²) in [7, 11) is 1.34. The molecule has 0 aromatic carbocycles. The molecule has 0 saturated carbocycles. The number of ether oxygens (including phenoxy) is 1. The van der Waals surface area contributed by atoms with Crippen LogP contribution in [0.15, 0.2) is 53.2 Å². The van der Waals surface area contributed by atoms with E-state index in [1.54, 1.807) is 6.07 Å². The van der Waals surface area contributed by atoms with Gasteiger partial charge in [0.25, 0.3) is 17.9 Å². The van der Waals surface area contributed by atoms with Crippen LogP contribution in [0.5, 0.6) is 5.75 Å². The van der Waals surface area contributed by atoms with Crippen molar-refractivity contribution in [2.45, 2.75) is 6.43 Å². The Kier molecular flexibility index (Phi) is 6.38. The average molecular weight is 491 g/mol. The molecule has 168 valence electrons. The molecule has 4 rings (SSSR count). The van der Waals surface area contributed by atoms with Crippen LogP contribution >= 0.6 is 22.9 Å². The van der Waals surface area contributed by atoms with Gasteiger partial charge in [0.15, 0.2) is 0 Å². The van der Waals surface area contributed by atoms with Crippen LogP contribution < -0.4 is 15.6 Å². The van der Waals surface area contributed by atoms with Gasteiger partial charge in [0.2, 0.25) is 5.13 Å². The summed E-state index contributed by atoms with van der Waals surface area (Å²) in [6.45, 7) is 0. The van der Waals surface area contributed by atoms with Gasteiger partial charge in [-0.05, 0) is 24.3 Å². The number of nitrogens with zero attached hydrogens (tertiary/aromatic N) is 5. The molecule has 1 N–H and O–H groups in total. The predicted octanol–water partition coefficient (Wildman–Crippen LogP) is 4.00. The highest BCUT2D eigenvalue weighted by molar-refractivity contribution is 7.13. The first-order valence-corrected chi connectivity index (χ1v) is 10.4. The smallest absolute Gasteiger partial charge is 0.280 e. The fraction of sp³-hybridized carbons (Fsp3) is 0.100. The van der Waals surface area contributed by atoms with Crippen LogP contribution in [0.25, 0.3) is 16.9 Å². The molecule has 1 amide bonds. The largest absolute Gasteiger partial charge is 0.494 e. The Morgan fingerprint density at radius 2 is 2.06 bits per heavy atom. The van der Waals surface area contributed by atoms with E-state index in [1.165, 1.54) is 41.7 Å². The summed E-state index contributed by atoms with van der Waals surface area (Å²) < 4.78 is 33.2. The molecule has 0 saturated heterocycles. The maximum atomic E-state index is 13.4. The van der Waals surface area contributed by atoms with E-state index in [1.807, 2.05) is 0 Å². The summed E-state index contributed by atoms with van der Waals surface area (Å²) in [6, 6.07) is 5.49. The van der Waals surface area contributed by atoms with Gasteiger partial charge in [-0.15, -0.1) is 10.2 Å². The summed E-state index contributed by atoms with van der Waals surface area (Å²) in [6.07, 6.45) is 0.936. The maximum absolute atomic E-state index is 13.4. The molecule has 9 nitrogen and oxygen atoms in total. The van der Waals surface area contributed by atoms with Gasteiger partial charge in [-0.1, -0.05) is 22.9 Å². The Hall–Kier alpha value is -3.77. The molecule has 0 aliphatic heterocycles. The SMILES string of the molecule is COc1cnc(C(F)F)cc1-c1cc(-n2cccc(Cl)c2=O)ncc1C(=O)Nc1nncs1. The molecule has 0 aliphatic rings. The van der Waals surface area contributed by atoms with Crippen LogP contribution in [0.2, 0.25) is 5.02 Å². The molecule has 0 fully saturated rings. The lowest BCUT2D eigenvalue weighted by Crippen LogP contribution is -2.20. The number of carbonyl (C=O) groups excluding carboxylic acids is 1. The fourth-order valence-electron chi connectivity index (χ4n) is 2.97. The number of aromatic nitrogens is 5. The molecule has 0 spiro atoms. The first kappa shape index (κ1) is 22.4. The van der Waals surface area contributed by atoms with Crippen molar-refractivity contribution < 1.29 is 18.3 Å². The van der Waals surface area contributed by atoms with E-state index in [4.69, 9.17) is 16.3 Å². The molecular weight excluding hydrogens is 478 g/mol. The molecule has 0 unspecified atom stereocenters. The van der Waals surface area contributed by atoms with E-state index < -0.39 is 23.6 Å². The highest BCUT2D eigenvalue weighted by Gasteiger charge is 2.22. The number of hydrogen-bond acceptors (Lipinski definition) is 8. The Morgan fingerprint density at radius 1 is 1.24 bits per heavy atom. The highest BCUT2D eigenvalue weighted by atomic mass is 35.5. The average Bonchev–Trinajstić information content (AvgIpc) is 3.33. The predicted molar refractivity (Wildman–Crippen MR) is 117 cm³/mol. The molecule has 4 aromatic heterocycles. The van der Waals surface area contributed by atoms with Crippen LogP contribution in [0, 0.1) is 0 Å². The fourth-order valence-corrected chi connectivity index (χ4v) is 3.58. The zero-order valence-electron chi connectivity index (χ0n) is 16.7. The Bertz CT molecular complexity index is 1380. The van der Waals surface area contributed by atoms with Gasteiger partial charge < -0.3 is 4.74 Å². The lowest BCUT2D eigenvalue weighted by atomic mass is 10.00. The second-order valence-corrected chi connectivity index (χ2v) is 7.67. The number of hydrogen-bond donors (Lipinski definition) is 1. The molecule has 0 bridgehead atoms. The molecule has 4 aromatic rings. The molecule has 4 heterocycles. The minimum atomic E-state index is -2.86. The van der Waals surface area contributed by atoms with E-state index in [0.29, 0.717) is 0 Å². The van der Waals surface area contributed by atoms with E-state index in [0.717, 1.165) is 23.6 Å². The van der Waals surface area contributed by atoms with E-state index in [-0.39, 0.29) is 38.4 Å². The molecule has 13 heteroatoms. The van der Waals surface area contributed by atoms with E-state index >= 15 is 0 Å². The van der Waals surface area contributed by atoms with Gasteiger partial charge in [-0.2, -0.15) is 0 Å². The molecule has 33 heavy (non-hydrogen) atoms. The Balaban J connectivity index is 1.93. The number of methoxy groups -OCH3 is 1. The van der Waals surface area contributed by atoms with E-state index in [2.05, 4.69) is 25.5 Å². The summed E-state index contributed by atoms with van der Waals surface area (Å²) in [4.78, 5) is 33.4. The first-order chi connectivity index (χ1) is 15.9. The number of amides is 1. The summed E-state index contributed by atoms with van der Waals surface area (Å²) in [5, 5.41) is 10.2. The Morgan fingerprint density at radius 3 is 2.76 bits per heavy atom. The normalized spacial score (nSPS) is 10.9. The number of anilines is 1. The number of nitrogens with one attached hydrogen (secondary N) is 1. The van der Waals surface area contributed by atoms with Crippen molar-refractivity contribution in [3.63, 3.8) is 0 Å². The van der Waals surface area contributed by atoms with Crippen LogP contribution in [0.3, 0.4) is 0 Å². The molecular formula is C20H13ClF2N6O3S. The van der Waals surface area contributed by atoms with Crippen LogP contribution in [-0.2, 0) is 0 Å². The zero-order chi connectivity index (χ0) is 23.5. The quantitative estimate of drug-likeness (QED) is 0.434. The lowest BCUT2D eigenvalue weighted by molar-refractivity contribution is 0.102. The second-order valence-electron chi connectivity index (χ2n) is 6.43. The van der Waals surface area contributed by atoms with Crippen LogP contribution in [0.4, 0.5) is 13.9 Å². The first-order valence-electron chi connectivity index (χ1n) is 9.16. The van der Waals surface area contributed by atoms with E-state index in [9.17, 15) is 18.4 Å². The topological polar surface area (TPSA) is 112 Å². The van der Waals surface area contributed by atoms with Crippen molar-refractivity contribution in [2.24, 2.45) is 0 Å². The summed E-state index contributed by atoms with van der Waals surface area (Å²) in [5.41, 5.74) is 0.732. The lowest BCUT2D eigenvalue weighted by Gasteiger charge is -2.15. The summed E-state index contributed by atoms with van der Waals surface area (Å²) >= 11 is 7.03. The highest BCUT2D eigenvalue weighted by Crippen LogP contribution is 2.35. The third-order valence-electron chi connectivity index (χ3n) is 4.48. The minimum Gasteiger partial charge on any atom is -0.494 e. The van der Waals surface area contributed by atoms with Crippen LogP contribution in [0.1, 0.15) is 22.5 Å². The van der Waals surface area contributed by atoms with Gasteiger partial charge >= 0.3 is 0 Å². The van der Waals surface area contributed by atoms with Crippen LogP contribution in [-0.4, -0.2) is 37.7 Å². The minimum absolute atomic E-state index is 0.0220. The third kappa shape index (κ3) is 4.56. The van der Waals surface area contributed by atoms with Gasteiger partial charge in [-0.25, -0.2) is 13.8 Å². The summed E-state index contributed by atoms with van der Waals surface area (Å²) in [5.74, 6) is -0.362. The number of alkyl halides is 2. The van der Waals surface area contributed by atoms with Gasteiger partial charge in [0, 0.05) is 23.5 Å². The van der Waals surface area contributed by atoms with Crippen molar-refractivity contribution >= 4 is 34.0 Å². The van der Waals surface area contributed by atoms with Gasteiger partial charge in [0.05, 0.1) is 18.9 Å². The van der Waals surface area contributed by atoms with Gasteiger partial charge in [-0.3, -0.25) is 24.5 Å². The van der Waals surface area contributed by atoms with Crippen molar-refractivity contribution in [1.82, 2.24) is 24.7 Å². The molecule has 0 aliphatic carbocycles. The second kappa shape index (κ2) is 9.38. The number of rotatable bonds is 6.